The number of aromatic nitrogens is 2. The smallest absolute Gasteiger partial charge is 0.429 e. The molecule has 2 aromatic rings. The maximum absolute atomic E-state index is 14.6. The SMILES string of the molecule is CN(C)C(=O)ON([C@@](Cc1ccccc1)(C(=O)OC(C)(C)C)C(=O)C1CS(=O)(=O)CCN1)S(=O)(=O)c1cnn(C)c1. The molecule has 41 heavy (non-hydrogen) atoms. The Morgan fingerprint density at radius 3 is 2.29 bits per heavy atom. The van der Waals surface area contributed by atoms with Gasteiger partial charge in [-0.15, -0.1) is 0 Å². The van der Waals surface area contributed by atoms with Crippen LogP contribution in [-0.4, -0.2) is 103 Å². The quantitative estimate of drug-likeness (QED) is 0.234. The van der Waals surface area contributed by atoms with Crippen molar-refractivity contribution in [2.75, 3.05) is 32.1 Å². The third kappa shape index (κ3) is 7.30. The monoisotopic (exact) mass is 613 g/mol. The van der Waals surface area contributed by atoms with Gasteiger partial charge in [0.05, 0.1) is 23.7 Å². The number of hydrogen-bond acceptors (Lipinski definition) is 11. The van der Waals surface area contributed by atoms with Gasteiger partial charge in [-0.25, -0.2) is 26.4 Å². The molecule has 0 saturated carbocycles. The van der Waals surface area contributed by atoms with E-state index in [-0.39, 0.29) is 16.8 Å². The largest absolute Gasteiger partial charge is 0.458 e. The maximum atomic E-state index is 14.6. The summed E-state index contributed by atoms with van der Waals surface area (Å²) < 4.78 is 60.4. The zero-order valence-corrected chi connectivity index (χ0v) is 25.4. The third-order valence-electron chi connectivity index (χ3n) is 6.02. The van der Waals surface area contributed by atoms with Gasteiger partial charge in [0.15, 0.2) is 15.6 Å². The predicted molar refractivity (Wildman–Crippen MR) is 147 cm³/mol. The molecule has 0 spiro atoms. The summed E-state index contributed by atoms with van der Waals surface area (Å²) in [7, 11) is -4.76. The van der Waals surface area contributed by atoms with Crippen molar-refractivity contribution in [3.8, 4) is 0 Å². The van der Waals surface area contributed by atoms with Crippen molar-refractivity contribution in [1.82, 2.24) is 24.5 Å². The molecule has 2 atom stereocenters. The number of carbonyl (C=O) groups is 3. The first-order valence-corrected chi connectivity index (χ1v) is 15.8. The minimum Gasteiger partial charge on any atom is -0.458 e. The highest BCUT2D eigenvalue weighted by molar-refractivity contribution is 7.91. The lowest BCUT2D eigenvalue weighted by atomic mass is 9.83. The highest BCUT2D eigenvalue weighted by atomic mass is 32.2. The van der Waals surface area contributed by atoms with Gasteiger partial charge >= 0.3 is 12.1 Å². The Kier molecular flexibility index (Phi) is 9.32. The van der Waals surface area contributed by atoms with Gasteiger partial charge in [0, 0.05) is 44.8 Å². The number of aryl methyl sites for hydroxylation is 1. The molecule has 1 aromatic heterocycles. The third-order valence-corrected chi connectivity index (χ3v) is 9.32. The molecule has 1 N–H and O–H groups in total. The molecule has 226 valence electrons. The number of ether oxygens (including phenoxy) is 1. The van der Waals surface area contributed by atoms with Crippen LogP contribution in [0.5, 0.6) is 0 Å². The first kappa shape index (κ1) is 32.2. The number of amides is 1. The van der Waals surface area contributed by atoms with Gasteiger partial charge in [-0.2, -0.15) is 5.10 Å². The maximum Gasteiger partial charge on any atom is 0.429 e. The van der Waals surface area contributed by atoms with Crippen LogP contribution in [0.15, 0.2) is 47.6 Å². The molecule has 14 nitrogen and oxygen atoms in total. The Morgan fingerprint density at radius 1 is 1.15 bits per heavy atom. The summed E-state index contributed by atoms with van der Waals surface area (Å²) >= 11 is 0. The van der Waals surface area contributed by atoms with Gasteiger partial charge in [0.1, 0.15) is 10.5 Å². The number of sulfonamides is 1. The van der Waals surface area contributed by atoms with Gasteiger partial charge in [-0.1, -0.05) is 30.3 Å². The van der Waals surface area contributed by atoms with Crippen molar-refractivity contribution in [2.24, 2.45) is 7.05 Å². The second-order valence-corrected chi connectivity index (χ2v) is 14.8. The first-order valence-electron chi connectivity index (χ1n) is 12.6. The van der Waals surface area contributed by atoms with Crippen LogP contribution < -0.4 is 5.32 Å². The van der Waals surface area contributed by atoms with Gasteiger partial charge in [-0.3, -0.25) is 9.48 Å². The molecule has 2 heterocycles. The van der Waals surface area contributed by atoms with E-state index in [1.807, 2.05) is 0 Å². The van der Waals surface area contributed by atoms with Gasteiger partial charge < -0.3 is 19.8 Å². The Bertz CT molecular complexity index is 1500. The lowest BCUT2D eigenvalue weighted by Gasteiger charge is -2.41. The number of rotatable bonds is 9. The summed E-state index contributed by atoms with van der Waals surface area (Å²) in [5.74, 6) is -3.50. The number of hydrogen-bond donors (Lipinski definition) is 1. The lowest BCUT2D eigenvalue weighted by Crippen LogP contribution is -2.70. The molecule has 0 bridgehead atoms. The minimum absolute atomic E-state index is 0.0473. The topological polar surface area (TPSA) is 174 Å². The van der Waals surface area contributed by atoms with E-state index in [1.54, 1.807) is 30.3 Å². The Hall–Kier alpha value is -3.34. The van der Waals surface area contributed by atoms with Crippen LogP contribution in [0.1, 0.15) is 26.3 Å². The van der Waals surface area contributed by atoms with Crippen molar-refractivity contribution in [2.45, 2.75) is 49.3 Å². The molecule has 3 rings (SSSR count). The van der Waals surface area contributed by atoms with Crippen molar-refractivity contribution in [3.63, 3.8) is 0 Å². The average molecular weight is 614 g/mol. The summed E-state index contributed by atoms with van der Waals surface area (Å²) in [5.41, 5.74) is -3.84. The van der Waals surface area contributed by atoms with Crippen LogP contribution in [0.2, 0.25) is 0 Å². The standard InChI is InChI=1S/C25H35N5O9S2/c1-24(2,3)38-22(32)25(14-18-10-8-7-9-11-18,21(31)20-17-40(34,35)13-12-26-20)30(39-23(33)28(4)5)41(36,37)19-15-27-29(6)16-19/h7-11,15-16,20,26H,12-14,17H2,1-6H3/t20?,25-/m1/s1. The molecule has 1 aromatic carbocycles. The van der Waals surface area contributed by atoms with E-state index in [1.165, 1.54) is 46.6 Å². The zero-order chi connectivity index (χ0) is 30.8. The normalized spacial score (nSPS) is 18.8. The summed E-state index contributed by atoms with van der Waals surface area (Å²) in [4.78, 5) is 47.5. The van der Waals surface area contributed by atoms with Gasteiger partial charge in [0.25, 0.3) is 10.0 Å². The summed E-state index contributed by atoms with van der Waals surface area (Å²) in [6.45, 7) is 4.41. The fourth-order valence-corrected chi connectivity index (χ4v) is 6.93. The average Bonchev–Trinajstić information content (AvgIpc) is 3.31. The highest BCUT2D eigenvalue weighted by Gasteiger charge is 2.62. The molecule has 1 aliphatic rings. The van der Waals surface area contributed by atoms with E-state index in [9.17, 15) is 31.2 Å². The number of ketones is 1. The van der Waals surface area contributed by atoms with E-state index in [4.69, 9.17) is 9.57 Å². The van der Waals surface area contributed by atoms with Crippen LogP contribution in [0.3, 0.4) is 0 Å². The molecule has 0 aliphatic carbocycles. The van der Waals surface area contributed by atoms with Crippen molar-refractivity contribution < 1.29 is 40.8 Å². The van der Waals surface area contributed by atoms with Crippen LogP contribution in [0, 0.1) is 0 Å². The fourth-order valence-electron chi connectivity index (χ4n) is 4.10. The van der Waals surface area contributed by atoms with Gasteiger partial charge in [-0.05, 0) is 26.3 Å². The van der Waals surface area contributed by atoms with Crippen LogP contribution in [0.25, 0.3) is 0 Å². The number of sulfone groups is 1. The zero-order valence-electron chi connectivity index (χ0n) is 23.7. The number of nitrogens with one attached hydrogen (secondary N) is 1. The predicted octanol–water partition coefficient (Wildman–Crippen LogP) is 0.303. The van der Waals surface area contributed by atoms with E-state index in [0.29, 0.717) is 5.56 Å². The first-order chi connectivity index (χ1) is 18.9. The number of esters is 1. The number of hydroxylamine groups is 1. The summed E-state index contributed by atoms with van der Waals surface area (Å²) in [5, 5.41) is 6.65. The minimum atomic E-state index is -5.02. The molecule has 1 amide bonds. The van der Waals surface area contributed by atoms with Crippen molar-refractivity contribution in [3.05, 3.63) is 48.3 Å². The van der Waals surface area contributed by atoms with Crippen LogP contribution in [0.4, 0.5) is 4.79 Å². The molecule has 1 aliphatic heterocycles. The van der Waals surface area contributed by atoms with Crippen molar-refractivity contribution >= 4 is 37.7 Å². The Morgan fingerprint density at radius 2 is 1.78 bits per heavy atom. The molecular formula is C25H35N5O9S2. The van der Waals surface area contributed by atoms with Gasteiger partial charge in [0.2, 0.25) is 5.54 Å². The van der Waals surface area contributed by atoms with Crippen LogP contribution >= 0.6 is 0 Å². The molecular weight excluding hydrogens is 578 g/mol. The second-order valence-electron chi connectivity index (χ2n) is 10.8. The van der Waals surface area contributed by atoms with E-state index in [2.05, 4.69) is 10.4 Å². The summed E-state index contributed by atoms with van der Waals surface area (Å²) in [6, 6.07) is 6.44. The molecule has 0 radical (unpaired) electrons. The highest BCUT2D eigenvalue weighted by Crippen LogP contribution is 2.34. The lowest BCUT2D eigenvalue weighted by molar-refractivity contribution is -0.188. The van der Waals surface area contributed by atoms with Crippen molar-refractivity contribution in [1.29, 1.82) is 0 Å². The van der Waals surface area contributed by atoms with E-state index < -0.39 is 72.0 Å². The Balaban J connectivity index is 2.41. The summed E-state index contributed by atoms with van der Waals surface area (Å²) in [6.07, 6.45) is 0.180. The fraction of sp³-hybridized carbons (Fsp3) is 0.520. The van der Waals surface area contributed by atoms with Crippen LogP contribution in [-0.2, 0) is 52.5 Å². The number of Topliss-reactive ketones (excluding diaryl/α,β-unsaturated/α-hetero) is 1. The molecule has 16 heteroatoms. The number of nitrogens with zero attached hydrogens (tertiary/aromatic N) is 4. The Labute approximate surface area is 239 Å². The number of carbonyl (C=O) groups excluding carboxylic acids is 3. The number of benzene rings is 1. The second kappa shape index (κ2) is 11.9. The molecule has 1 unspecified atom stereocenters. The van der Waals surface area contributed by atoms with E-state index >= 15 is 0 Å². The molecule has 1 fully saturated rings. The molecule has 1 saturated heterocycles. The van der Waals surface area contributed by atoms with E-state index in [0.717, 1.165) is 17.3 Å².